The van der Waals surface area contributed by atoms with Gasteiger partial charge >= 0.3 is 6.18 Å². The molecule has 5 nitrogen and oxygen atoms in total. The molecule has 1 aliphatic heterocycles. The first-order valence-corrected chi connectivity index (χ1v) is 10.1. The van der Waals surface area contributed by atoms with Crippen molar-refractivity contribution in [2.75, 3.05) is 13.1 Å². The Morgan fingerprint density at radius 1 is 1.13 bits per heavy atom. The fraction of sp³-hybridized carbons (Fsp3) is 0.304. The number of carbonyl (C=O) groups excluding carboxylic acids is 1. The maximum absolute atomic E-state index is 13.1. The average molecular weight is 426 g/mol. The van der Waals surface area contributed by atoms with Crippen LogP contribution in [-0.2, 0) is 17.4 Å². The zero-order valence-corrected chi connectivity index (χ0v) is 16.7. The van der Waals surface area contributed by atoms with Gasteiger partial charge < -0.3 is 4.90 Å². The van der Waals surface area contributed by atoms with Crippen LogP contribution in [0.15, 0.2) is 61.1 Å². The third-order valence-corrected chi connectivity index (χ3v) is 5.39. The number of piperidine rings is 1. The number of alkyl halides is 3. The standard InChI is InChI=1S/C23H21F3N4O/c24-23(25,26)18-7-3-5-16(11-18)20-13-27-14-21(29-20)17-6-4-10-30(15-17)22(31)12-19-8-1-2-9-28-19/h1-3,5,7-9,11,13-14,17H,4,6,10,12,15H2/t17-/m1/s1. The lowest BCUT2D eigenvalue weighted by molar-refractivity contribution is -0.137. The zero-order valence-electron chi connectivity index (χ0n) is 16.7. The molecule has 0 saturated carbocycles. The number of pyridine rings is 1. The van der Waals surface area contributed by atoms with Gasteiger partial charge in [-0.1, -0.05) is 18.2 Å². The van der Waals surface area contributed by atoms with Gasteiger partial charge in [-0.3, -0.25) is 14.8 Å². The van der Waals surface area contributed by atoms with E-state index < -0.39 is 11.7 Å². The second-order valence-electron chi connectivity index (χ2n) is 7.58. The van der Waals surface area contributed by atoms with Crippen molar-refractivity contribution < 1.29 is 18.0 Å². The molecule has 0 aliphatic carbocycles. The lowest BCUT2D eigenvalue weighted by Gasteiger charge is -2.32. The van der Waals surface area contributed by atoms with Gasteiger partial charge in [0.2, 0.25) is 5.91 Å². The summed E-state index contributed by atoms with van der Waals surface area (Å²) in [6.45, 7) is 1.18. The summed E-state index contributed by atoms with van der Waals surface area (Å²) in [4.78, 5) is 27.5. The number of rotatable bonds is 4. The fourth-order valence-corrected chi connectivity index (χ4v) is 3.79. The molecule has 2 aromatic heterocycles. The van der Waals surface area contributed by atoms with Crippen LogP contribution in [0.25, 0.3) is 11.3 Å². The summed E-state index contributed by atoms with van der Waals surface area (Å²) < 4.78 is 39.2. The molecule has 0 spiro atoms. The molecule has 4 rings (SSSR count). The molecule has 3 heterocycles. The molecule has 1 atom stereocenters. The summed E-state index contributed by atoms with van der Waals surface area (Å²) in [5, 5.41) is 0. The Balaban J connectivity index is 1.50. The van der Waals surface area contributed by atoms with Crippen molar-refractivity contribution in [1.82, 2.24) is 19.9 Å². The number of carbonyl (C=O) groups is 1. The number of aromatic nitrogens is 3. The van der Waals surface area contributed by atoms with Crippen molar-refractivity contribution in [3.05, 3.63) is 78.0 Å². The maximum Gasteiger partial charge on any atom is 0.416 e. The number of benzene rings is 1. The topological polar surface area (TPSA) is 59.0 Å². The molecule has 8 heteroatoms. The Bertz CT molecular complexity index is 1060. The van der Waals surface area contributed by atoms with Gasteiger partial charge in [-0.25, -0.2) is 4.98 Å². The van der Waals surface area contributed by atoms with Crippen LogP contribution < -0.4 is 0 Å². The van der Waals surface area contributed by atoms with Gasteiger partial charge in [0.1, 0.15) is 0 Å². The molecule has 31 heavy (non-hydrogen) atoms. The summed E-state index contributed by atoms with van der Waals surface area (Å²) in [7, 11) is 0. The molecule has 0 N–H and O–H groups in total. The highest BCUT2D eigenvalue weighted by atomic mass is 19.4. The molecular weight excluding hydrogens is 405 g/mol. The van der Waals surface area contributed by atoms with E-state index in [2.05, 4.69) is 15.0 Å². The maximum atomic E-state index is 13.1. The SMILES string of the molecule is O=C(Cc1ccccn1)N1CCC[C@@H](c2cncc(-c3cccc(C(F)(F)F)c3)n2)C1. The number of likely N-dealkylation sites (tertiary alicyclic amines) is 1. The van der Waals surface area contributed by atoms with E-state index in [0.29, 0.717) is 30.0 Å². The van der Waals surface area contributed by atoms with Gasteiger partial charge in [0.25, 0.3) is 0 Å². The van der Waals surface area contributed by atoms with Gasteiger partial charge in [0, 0.05) is 42.7 Å². The van der Waals surface area contributed by atoms with Crippen LogP contribution in [0.5, 0.6) is 0 Å². The molecule has 1 amide bonds. The summed E-state index contributed by atoms with van der Waals surface area (Å²) >= 11 is 0. The first-order chi connectivity index (χ1) is 14.9. The van der Waals surface area contributed by atoms with E-state index in [4.69, 9.17) is 0 Å². The first-order valence-electron chi connectivity index (χ1n) is 10.1. The molecule has 1 saturated heterocycles. The number of amides is 1. The average Bonchev–Trinajstić information content (AvgIpc) is 2.79. The summed E-state index contributed by atoms with van der Waals surface area (Å²) in [5.41, 5.74) is 1.44. The fourth-order valence-electron chi connectivity index (χ4n) is 3.79. The van der Waals surface area contributed by atoms with E-state index in [-0.39, 0.29) is 18.2 Å². The summed E-state index contributed by atoms with van der Waals surface area (Å²) in [5.74, 6) is -0.00919. The number of hydrogen-bond donors (Lipinski definition) is 0. The molecule has 1 aliphatic rings. The lowest BCUT2D eigenvalue weighted by Crippen LogP contribution is -2.40. The number of halogens is 3. The third kappa shape index (κ3) is 5.07. The van der Waals surface area contributed by atoms with Crippen molar-refractivity contribution in [3.63, 3.8) is 0 Å². The van der Waals surface area contributed by atoms with E-state index in [0.717, 1.165) is 30.7 Å². The Labute approximate surface area is 178 Å². The van der Waals surface area contributed by atoms with Gasteiger partial charge in [-0.05, 0) is 37.1 Å². The molecule has 160 valence electrons. The van der Waals surface area contributed by atoms with Crippen LogP contribution in [0.2, 0.25) is 0 Å². The summed E-state index contributed by atoms with van der Waals surface area (Å²) in [6, 6.07) is 10.6. The molecule has 0 unspecified atom stereocenters. The Hall–Kier alpha value is -3.29. The van der Waals surface area contributed by atoms with Crippen LogP contribution in [0, 0.1) is 0 Å². The molecular formula is C23H21F3N4O. The van der Waals surface area contributed by atoms with Crippen LogP contribution in [0.3, 0.4) is 0 Å². The van der Waals surface area contributed by atoms with E-state index >= 15 is 0 Å². The van der Waals surface area contributed by atoms with Gasteiger partial charge in [0.15, 0.2) is 0 Å². The predicted octanol–water partition coefficient (Wildman–Crippen LogP) is 4.51. The van der Waals surface area contributed by atoms with Gasteiger partial charge in [-0.2, -0.15) is 13.2 Å². The van der Waals surface area contributed by atoms with Crippen LogP contribution in [0.4, 0.5) is 13.2 Å². The number of hydrogen-bond acceptors (Lipinski definition) is 4. The van der Waals surface area contributed by atoms with Gasteiger partial charge in [0.05, 0.1) is 29.6 Å². The van der Waals surface area contributed by atoms with E-state index in [1.807, 2.05) is 17.0 Å². The Kier molecular flexibility index (Phi) is 5.97. The van der Waals surface area contributed by atoms with E-state index in [1.54, 1.807) is 24.5 Å². The Morgan fingerprint density at radius 2 is 2.00 bits per heavy atom. The summed E-state index contributed by atoms with van der Waals surface area (Å²) in [6.07, 6.45) is 2.25. The highest BCUT2D eigenvalue weighted by Gasteiger charge is 2.31. The van der Waals surface area contributed by atoms with Crippen molar-refractivity contribution in [1.29, 1.82) is 0 Å². The van der Waals surface area contributed by atoms with Crippen molar-refractivity contribution in [2.24, 2.45) is 0 Å². The lowest BCUT2D eigenvalue weighted by atomic mass is 9.94. The minimum atomic E-state index is -4.42. The quantitative estimate of drug-likeness (QED) is 0.616. The third-order valence-electron chi connectivity index (χ3n) is 5.39. The van der Waals surface area contributed by atoms with Crippen LogP contribution in [0.1, 0.15) is 35.7 Å². The molecule has 1 aromatic carbocycles. The highest BCUT2D eigenvalue weighted by molar-refractivity contribution is 5.78. The van der Waals surface area contributed by atoms with Crippen molar-refractivity contribution >= 4 is 5.91 Å². The molecule has 0 radical (unpaired) electrons. The number of nitrogens with zero attached hydrogens (tertiary/aromatic N) is 4. The first kappa shape index (κ1) is 21.0. The molecule has 3 aromatic rings. The molecule has 1 fully saturated rings. The largest absolute Gasteiger partial charge is 0.416 e. The van der Waals surface area contributed by atoms with Crippen molar-refractivity contribution in [3.8, 4) is 11.3 Å². The normalized spacial score (nSPS) is 16.9. The minimum absolute atomic E-state index is 0.00499. The predicted molar refractivity (Wildman–Crippen MR) is 109 cm³/mol. The van der Waals surface area contributed by atoms with Crippen LogP contribution >= 0.6 is 0 Å². The van der Waals surface area contributed by atoms with E-state index in [1.165, 1.54) is 12.3 Å². The smallest absolute Gasteiger partial charge is 0.342 e. The van der Waals surface area contributed by atoms with E-state index in [9.17, 15) is 18.0 Å². The van der Waals surface area contributed by atoms with Gasteiger partial charge in [-0.15, -0.1) is 0 Å². The second kappa shape index (κ2) is 8.83. The molecule has 0 bridgehead atoms. The zero-order chi connectivity index (χ0) is 21.8. The minimum Gasteiger partial charge on any atom is -0.342 e. The van der Waals surface area contributed by atoms with Crippen molar-refractivity contribution in [2.45, 2.75) is 31.4 Å². The van der Waals surface area contributed by atoms with Crippen LogP contribution in [-0.4, -0.2) is 38.8 Å². The second-order valence-corrected chi connectivity index (χ2v) is 7.58. The highest BCUT2D eigenvalue weighted by Crippen LogP contribution is 2.32. The monoisotopic (exact) mass is 426 g/mol. The Morgan fingerprint density at radius 3 is 2.77 bits per heavy atom.